The van der Waals surface area contributed by atoms with E-state index in [1.54, 1.807) is 24.3 Å². The van der Waals surface area contributed by atoms with Gasteiger partial charge in [-0.25, -0.2) is 0 Å². The maximum atomic E-state index is 11.4. The van der Waals surface area contributed by atoms with Crippen molar-refractivity contribution in [2.45, 2.75) is 12.8 Å². The van der Waals surface area contributed by atoms with E-state index < -0.39 is 5.91 Å². The van der Waals surface area contributed by atoms with Crippen molar-refractivity contribution in [3.63, 3.8) is 0 Å². The average Bonchev–Trinajstić information content (AvgIpc) is 2.27. The van der Waals surface area contributed by atoms with Gasteiger partial charge in [-0.3, -0.25) is 9.59 Å². The van der Waals surface area contributed by atoms with Crippen LogP contribution in [-0.2, 0) is 4.79 Å². The molecule has 1 aromatic rings. The van der Waals surface area contributed by atoms with Gasteiger partial charge in [-0.1, -0.05) is 12.1 Å². The summed E-state index contributed by atoms with van der Waals surface area (Å²) in [6.45, 7) is 0.463. The highest BCUT2D eigenvalue weighted by Gasteiger charge is 2.09. The zero-order valence-electron chi connectivity index (χ0n) is 9.31. The minimum absolute atomic E-state index is 0. The molecule has 0 bridgehead atoms. The molecule has 0 heterocycles. The van der Waals surface area contributed by atoms with Gasteiger partial charge in [0.1, 0.15) is 0 Å². The number of nitrogens with two attached hydrogens (primary N) is 2. The van der Waals surface area contributed by atoms with Gasteiger partial charge in [-0.05, 0) is 25.1 Å². The topological polar surface area (TPSA) is 98.2 Å². The monoisotopic (exact) mass is 257 g/mol. The lowest BCUT2D eigenvalue weighted by Crippen LogP contribution is -2.18. The largest absolute Gasteiger partial charge is 0.366 e. The SMILES string of the molecule is Cl.NCCCC(=O)Nc1ccccc1C(N)=O. The Hall–Kier alpha value is -1.59. The highest BCUT2D eigenvalue weighted by Crippen LogP contribution is 2.14. The molecule has 0 aromatic heterocycles. The first-order chi connectivity index (χ1) is 7.65. The van der Waals surface area contributed by atoms with Gasteiger partial charge in [0.25, 0.3) is 5.91 Å². The van der Waals surface area contributed by atoms with E-state index in [0.717, 1.165) is 0 Å². The van der Waals surface area contributed by atoms with Gasteiger partial charge in [-0.2, -0.15) is 0 Å². The molecule has 0 aliphatic rings. The molecule has 0 saturated heterocycles. The summed E-state index contributed by atoms with van der Waals surface area (Å²) < 4.78 is 0. The number of anilines is 1. The maximum absolute atomic E-state index is 11.4. The predicted octanol–water partition coefficient (Wildman–Crippen LogP) is 0.885. The fourth-order valence-corrected chi connectivity index (χ4v) is 1.28. The lowest BCUT2D eigenvalue weighted by atomic mass is 10.1. The van der Waals surface area contributed by atoms with Crippen LogP contribution in [-0.4, -0.2) is 18.4 Å². The predicted molar refractivity (Wildman–Crippen MR) is 69.1 cm³/mol. The molecule has 1 aromatic carbocycles. The maximum Gasteiger partial charge on any atom is 0.250 e. The van der Waals surface area contributed by atoms with Crippen molar-refractivity contribution in [3.05, 3.63) is 29.8 Å². The molecular formula is C11H16ClN3O2. The molecule has 0 aliphatic heterocycles. The van der Waals surface area contributed by atoms with Crippen LogP contribution in [0.15, 0.2) is 24.3 Å². The second kappa shape index (κ2) is 7.65. The second-order valence-corrected chi connectivity index (χ2v) is 3.35. The average molecular weight is 258 g/mol. The molecule has 1 rings (SSSR count). The molecule has 5 nitrogen and oxygen atoms in total. The summed E-state index contributed by atoms with van der Waals surface area (Å²) in [6, 6.07) is 6.63. The molecule has 0 unspecified atom stereocenters. The summed E-state index contributed by atoms with van der Waals surface area (Å²) in [7, 11) is 0. The van der Waals surface area contributed by atoms with Crippen molar-refractivity contribution in [2.24, 2.45) is 11.5 Å². The molecule has 6 heteroatoms. The van der Waals surface area contributed by atoms with Crippen molar-refractivity contribution in [1.82, 2.24) is 0 Å². The highest BCUT2D eigenvalue weighted by atomic mass is 35.5. The summed E-state index contributed by atoms with van der Waals surface area (Å²) in [5.41, 5.74) is 11.2. The Morgan fingerprint density at radius 2 is 1.88 bits per heavy atom. The van der Waals surface area contributed by atoms with Gasteiger partial charge in [0.05, 0.1) is 11.3 Å². The van der Waals surface area contributed by atoms with E-state index in [4.69, 9.17) is 11.5 Å². The lowest BCUT2D eigenvalue weighted by molar-refractivity contribution is -0.116. The van der Waals surface area contributed by atoms with Crippen LogP contribution in [0.5, 0.6) is 0 Å². The Balaban J connectivity index is 0.00000256. The van der Waals surface area contributed by atoms with Crippen molar-refractivity contribution in [1.29, 1.82) is 0 Å². The van der Waals surface area contributed by atoms with Crippen molar-refractivity contribution in [2.75, 3.05) is 11.9 Å². The Morgan fingerprint density at radius 1 is 1.24 bits per heavy atom. The van der Waals surface area contributed by atoms with Gasteiger partial charge in [0.15, 0.2) is 0 Å². The van der Waals surface area contributed by atoms with E-state index in [1.807, 2.05) is 0 Å². The van der Waals surface area contributed by atoms with Crippen LogP contribution < -0.4 is 16.8 Å². The summed E-state index contributed by atoms with van der Waals surface area (Å²) in [5.74, 6) is -0.728. The number of amides is 2. The van der Waals surface area contributed by atoms with Gasteiger partial charge < -0.3 is 16.8 Å². The van der Waals surface area contributed by atoms with Crippen LogP contribution >= 0.6 is 12.4 Å². The third-order valence-corrected chi connectivity index (χ3v) is 2.07. The number of para-hydroxylation sites is 1. The van der Waals surface area contributed by atoms with Crippen LogP contribution in [0, 0.1) is 0 Å². The summed E-state index contributed by atoms with van der Waals surface area (Å²) in [4.78, 5) is 22.5. The van der Waals surface area contributed by atoms with Crippen molar-refractivity contribution < 1.29 is 9.59 Å². The molecule has 0 spiro atoms. The number of carbonyl (C=O) groups excluding carboxylic acids is 2. The molecule has 17 heavy (non-hydrogen) atoms. The quantitative estimate of drug-likeness (QED) is 0.730. The summed E-state index contributed by atoms with van der Waals surface area (Å²) in [5, 5.41) is 2.63. The smallest absolute Gasteiger partial charge is 0.250 e. The van der Waals surface area contributed by atoms with Gasteiger partial charge in [-0.15, -0.1) is 12.4 Å². The number of primary amides is 1. The first-order valence-corrected chi connectivity index (χ1v) is 5.04. The zero-order chi connectivity index (χ0) is 12.0. The van der Waals surface area contributed by atoms with E-state index in [0.29, 0.717) is 30.6 Å². The summed E-state index contributed by atoms with van der Waals surface area (Å²) in [6.07, 6.45) is 0.953. The third-order valence-electron chi connectivity index (χ3n) is 2.07. The molecule has 94 valence electrons. The van der Waals surface area contributed by atoms with Crippen LogP contribution in [0.2, 0.25) is 0 Å². The van der Waals surface area contributed by atoms with E-state index in [1.165, 1.54) is 0 Å². The Kier molecular flexibility index (Phi) is 6.93. The summed E-state index contributed by atoms with van der Waals surface area (Å²) >= 11 is 0. The van der Waals surface area contributed by atoms with E-state index in [2.05, 4.69) is 5.32 Å². The fraction of sp³-hybridized carbons (Fsp3) is 0.273. The Labute approximate surface area is 106 Å². The third kappa shape index (κ3) is 4.84. The highest BCUT2D eigenvalue weighted by molar-refractivity contribution is 6.02. The van der Waals surface area contributed by atoms with Crippen LogP contribution in [0.4, 0.5) is 5.69 Å². The Bertz CT molecular complexity index is 396. The van der Waals surface area contributed by atoms with E-state index in [-0.39, 0.29) is 18.3 Å². The molecule has 0 radical (unpaired) electrons. The molecule has 5 N–H and O–H groups in total. The van der Waals surface area contributed by atoms with Gasteiger partial charge in [0.2, 0.25) is 5.91 Å². The van der Waals surface area contributed by atoms with Crippen molar-refractivity contribution in [3.8, 4) is 0 Å². The first-order valence-electron chi connectivity index (χ1n) is 5.04. The number of rotatable bonds is 5. The molecule has 2 amide bonds. The van der Waals surface area contributed by atoms with Gasteiger partial charge >= 0.3 is 0 Å². The normalized spacial score (nSPS) is 9.24. The molecule has 0 aliphatic carbocycles. The molecule has 0 fully saturated rings. The fourth-order valence-electron chi connectivity index (χ4n) is 1.28. The first kappa shape index (κ1) is 15.4. The number of nitrogens with one attached hydrogen (secondary N) is 1. The van der Waals surface area contributed by atoms with Crippen molar-refractivity contribution >= 4 is 29.9 Å². The minimum Gasteiger partial charge on any atom is -0.366 e. The number of carbonyl (C=O) groups is 2. The minimum atomic E-state index is -0.560. The number of hydrogen-bond donors (Lipinski definition) is 3. The molecule has 0 saturated carbocycles. The van der Waals surface area contributed by atoms with E-state index in [9.17, 15) is 9.59 Å². The number of halogens is 1. The van der Waals surface area contributed by atoms with Crippen LogP contribution in [0.25, 0.3) is 0 Å². The zero-order valence-corrected chi connectivity index (χ0v) is 10.1. The number of benzene rings is 1. The second-order valence-electron chi connectivity index (χ2n) is 3.35. The van der Waals surface area contributed by atoms with Gasteiger partial charge in [0, 0.05) is 6.42 Å². The molecular weight excluding hydrogens is 242 g/mol. The van der Waals surface area contributed by atoms with E-state index >= 15 is 0 Å². The number of hydrogen-bond acceptors (Lipinski definition) is 3. The molecule has 0 atom stereocenters. The standard InChI is InChI=1S/C11H15N3O2.ClH/c12-7-3-6-10(15)14-9-5-2-1-4-8(9)11(13)16;/h1-2,4-5H,3,6-7,12H2,(H2,13,16)(H,14,15);1H. The lowest BCUT2D eigenvalue weighted by Gasteiger charge is -2.08. The van der Waals surface area contributed by atoms with Crippen LogP contribution in [0.3, 0.4) is 0 Å². The van der Waals surface area contributed by atoms with Crippen LogP contribution in [0.1, 0.15) is 23.2 Å². The Morgan fingerprint density at radius 3 is 2.47 bits per heavy atom.